The van der Waals surface area contributed by atoms with E-state index in [1.165, 1.54) is 0 Å². The molecule has 0 amide bonds. The zero-order valence-corrected chi connectivity index (χ0v) is 14.6. The van der Waals surface area contributed by atoms with Gasteiger partial charge in [-0.1, -0.05) is 11.6 Å². The normalized spacial score (nSPS) is 27.2. The van der Waals surface area contributed by atoms with Gasteiger partial charge >= 0.3 is 0 Å². The molecule has 3 aromatic rings. The summed E-state index contributed by atoms with van der Waals surface area (Å²) in [6, 6.07) is 6.57. The average Bonchev–Trinajstić information content (AvgIpc) is 3.20. The molecule has 8 heteroatoms. The number of nitriles is 2. The van der Waals surface area contributed by atoms with Crippen LogP contribution in [0.2, 0.25) is 5.15 Å². The molecule has 3 fully saturated rings. The van der Waals surface area contributed by atoms with Gasteiger partial charge in [-0.05, 0) is 30.7 Å². The van der Waals surface area contributed by atoms with Gasteiger partial charge in [-0.2, -0.15) is 20.7 Å². The first-order valence-corrected chi connectivity index (χ1v) is 8.79. The molecule has 2 bridgehead atoms. The minimum Gasteiger partial charge on any atom is -0.267 e. The fourth-order valence-electron chi connectivity index (χ4n) is 4.76. The lowest BCUT2D eigenvalue weighted by atomic mass is 9.33. The van der Waals surface area contributed by atoms with E-state index in [0.29, 0.717) is 17.3 Å². The van der Waals surface area contributed by atoms with E-state index in [1.54, 1.807) is 23.1 Å². The first-order valence-electron chi connectivity index (χ1n) is 8.41. The second-order valence-corrected chi connectivity index (χ2v) is 7.83. The molecule has 0 N–H and O–H groups in total. The fourth-order valence-corrected chi connectivity index (χ4v) is 4.93. The van der Waals surface area contributed by atoms with Crippen LogP contribution in [0.15, 0.2) is 30.9 Å². The molecule has 0 aromatic carbocycles. The van der Waals surface area contributed by atoms with Crippen LogP contribution in [0.3, 0.4) is 0 Å². The van der Waals surface area contributed by atoms with Crippen LogP contribution < -0.4 is 0 Å². The zero-order chi connectivity index (χ0) is 17.9. The Bertz CT molecular complexity index is 1090. The van der Waals surface area contributed by atoms with Crippen LogP contribution in [0.4, 0.5) is 0 Å². The first-order chi connectivity index (χ1) is 12.6. The monoisotopic (exact) mass is 363 g/mol. The summed E-state index contributed by atoms with van der Waals surface area (Å²) in [6.07, 6.45) is 10.00. The second-order valence-electron chi connectivity index (χ2n) is 7.45. The lowest BCUT2D eigenvalue weighted by Crippen LogP contribution is -2.64. The number of rotatable bonds is 4. The molecule has 1 atom stereocenters. The highest BCUT2D eigenvalue weighted by Gasteiger charge is 2.71. The summed E-state index contributed by atoms with van der Waals surface area (Å²) in [4.78, 5) is 4.44. The van der Waals surface area contributed by atoms with E-state index >= 15 is 0 Å². The summed E-state index contributed by atoms with van der Waals surface area (Å²) >= 11 is 6.12. The van der Waals surface area contributed by atoms with E-state index in [0.717, 1.165) is 30.3 Å². The van der Waals surface area contributed by atoms with Gasteiger partial charge in [0.15, 0.2) is 0 Å². The van der Waals surface area contributed by atoms with Gasteiger partial charge in [0.1, 0.15) is 10.8 Å². The number of fused-ring (bicyclic) bond motifs is 1. The van der Waals surface area contributed by atoms with E-state index in [2.05, 4.69) is 27.3 Å². The highest BCUT2D eigenvalue weighted by atomic mass is 35.5. The molecule has 26 heavy (non-hydrogen) atoms. The van der Waals surface area contributed by atoms with Crippen LogP contribution >= 0.6 is 11.6 Å². The topological polar surface area (TPSA) is 95.6 Å². The number of aromatic nitrogens is 5. The maximum Gasteiger partial charge on any atom is 0.148 e. The summed E-state index contributed by atoms with van der Waals surface area (Å²) in [5, 5.41) is 27.7. The Balaban J connectivity index is 1.52. The van der Waals surface area contributed by atoms with Crippen LogP contribution in [0.5, 0.6) is 0 Å². The summed E-state index contributed by atoms with van der Waals surface area (Å²) in [5.74, 6) is 0. The highest BCUT2D eigenvalue weighted by molar-refractivity contribution is 6.29. The van der Waals surface area contributed by atoms with Crippen molar-refractivity contribution in [3.05, 3.63) is 36.0 Å². The quantitative estimate of drug-likeness (QED) is 0.707. The minimum atomic E-state index is -0.151. The Labute approximate surface area is 154 Å². The number of nitrogens with zero attached hydrogens (tertiary/aromatic N) is 7. The van der Waals surface area contributed by atoms with Gasteiger partial charge in [0.2, 0.25) is 0 Å². The molecule has 128 valence electrons. The Morgan fingerprint density at radius 3 is 2.77 bits per heavy atom. The van der Waals surface area contributed by atoms with Crippen molar-refractivity contribution in [3.8, 4) is 23.4 Å². The van der Waals surface area contributed by atoms with Crippen LogP contribution in [0, 0.1) is 33.5 Å². The van der Waals surface area contributed by atoms with Crippen molar-refractivity contribution >= 4 is 17.1 Å². The molecule has 6 rings (SSSR count). The molecule has 7 nitrogen and oxygen atoms in total. The van der Waals surface area contributed by atoms with Crippen molar-refractivity contribution in [2.45, 2.75) is 31.7 Å². The third-order valence-electron chi connectivity index (χ3n) is 5.85. The second kappa shape index (κ2) is 5.06. The standard InChI is InChI=1S/C18H14ClN7/c19-15-7-25-13(2-4-22-25)16(24-15)12-5-23-26(6-12)14(1-3-20)18-8-17(9-18,10-18)11-21/h2,4-7,14H,1,8-10H2. The molecule has 3 aliphatic carbocycles. The predicted molar refractivity (Wildman–Crippen MR) is 92.8 cm³/mol. The van der Waals surface area contributed by atoms with Crippen LogP contribution in [-0.4, -0.2) is 24.4 Å². The Morgan fingerprint density at radius 2 is 2.04 bits per heavy atom. The van der Waals surface area contributed by atoms with E-state index in [-0.39, 0.29) is 16.9 Å². The Hall–Kier alpha value is -2.90. The van der Waals surface area contributed by atoms with Crippen molar-refractivity contribution in [3.63, 3.8) is 0 Å². The van der Waals surface area contributed by atoms with Crippen LogP contribution in [0.1, 0.15) is 31.7 Å². The Morgan fingerprint density at radius 1 is 1.23 bits per heavy atom. The van der Waals surface area contributed by atoms with Crippen molar-refractivity contribution in [1.29, 1.82) is 10.5 Å². The van der Waals surface area contributed by atoms with Crippen molar-refractivity contribution in [1.82, 2.24) is 24.4 Å². The minimum absolute atomic E-state index is 0.0170. The zero-order valence-electron chi connectivity index (χ0n) is 13.8. The highest BCUT2D eigenvalue weighted by Crippen LogP contribution is 2.77. The van der Waals surface area contributed by atoms with Gasteiger partial charge in [-0.25, -0.2) is 9.50 Å². The van der Waals surface area contributed by atoms with Gasteiger partial charge in [0, 0.05) is 11.8 Å². The molecule has 0 saturated heterocycles. The van der Waals surface area contributed by atoms with Gasteiger partial charge in [0.25, 0.3) is 0 Å². The number of hydrogen-bond acceptors (Lipinski definition) is 5. The molecule has 3 aromatic heterocycles. The smallest absolute Gasteiger partial charge is 0.148 e. The molecular weight excluding hydrogens is 350 g/mol. The maximum atomic E-state index is 9.30. The summed E-state index contributed by atoms with van der Waals surface area (Å²) in [6.45, 7) is 0. The first kappa shape index (κ1) is 15.4. The lowest BCUT2D eigenvalue weighted by Gasteiger charge is -2.69. The molecule has 0 spiro atoms. The van der Waals surface area contributed by atoms with E-state index in [4.69, 9.17) is 11.6 Å². The molecule has 3 saturated carbocycles. The third kappa shape index (κ3) is 1.95. The predicted octanol–water partition coefficient (Wildman–Crippen LogP) is 3.39. The van der Waals surface area contributed by atoms with Crippen molar-refractivity contribution < 1.29 is 0 Å². The van der Waals surface area contributed by atoms with E-state index in [9.17, 15) is 10.5 Å². The Kier molecular flexibility index (Phi) is 2.99. The van der Waals surface area contributed by atoms with Crippen LogP contribution in [0.25, 0.3) is 16.8 Å². The van der Waals surface area contributed by atoms with Gasteiger partial charge in [0.05, 0.1) is 54.1 Å². The summed E-state index contributed by atoms with van der Waals surface area (Å²) in [7, 11) is 0. The molecule has 1 unspecified atom stereocenters. The lowest BCUT2D eigenvalue weighted by molar-refractivity contribution is -0.195. The number of halogens is 1. The number of hydrogen-bond donors (Lipinski definition) is 0. The summed E-state index contributed by atoms with van der Waals surface area (Å²) < 4.78 is 3.56. The van der Waals surface area contributed by atoms with E-state index < -0.39 is 0 Å². The van der Waals surface area contributed by atoms with Gasteiger partial charge in [-0.3, -0.25) is 4.68 Å². The van der Waals surface area contributed by atoms with Gasteiger partial charge in [-0.15, -0.1) is 0 Å². The average molecular weight is 364 g/mol. The molecule has 3 aliphatic rings. The molecular formula is C18H14ClN7. The fraction of sp³-hybridized carbons (Fsp3) is 0.389. The van der Waals surface area contributed by atoms with Crippen molar-refractivity contribution in [2.24, 2.45) is 10.8 Å². The molecule has 0 aliphatic heterocycles. The molecule has 0 radical (unpaired) electrons. The SMILES string of the molecule is N#CCC(n1cc(-c2nc(Cl)cn3nccc23)cn1)C12CC(C#N)(C1)C2. The van der Waals surface area contributed by atoms with Crippen molar-refractivity contribution in [2.75, 3.05) is 0 Å². The third-order valence-corrected chi connectivity index (χ3v) is 6.04. The van der Waals surface area contributed by atoms with Gasteiger partial charge < -0.3 is 0 Å². The molecule has 3 heterocycles. The van der Waals surface area contributed by atoms with Crippen LogP contribution in [-0.2, 0) is 0 Å². The van der Waals surface area contributed by atoms with E-state index in [1.807, 2.05) is 16.9 Å². The largest absolute Gasteiger partial charge is 0.267 e. The summed E-state index contributed by atoms with van der Waals surface area (Å²) in [5.41, 5.74) is 2.27. The maximum absolute atomic E-state index is 9.30.